The minimum absolute atomic E-state index is 0.0522. The molecule has 0 bridgehead atoms. The summed E-state index contributed by atoms with van der Waals surface area (Å²) in [6.45, 7) is 2.31. The third kappa shape index (κ3) is 4.61. The summed E-state index contributed by atoms with van der Waals surface area (Å²) in [7, 11) is 1.66. The summed E-state index contributed by atoms with van der Waals surface area (Å²) >= 11 is 0. The molecule has 1 aliphatic heterocycles. The van der Waals surface area contributed by atoms with E-state index in [0.717, 1.165) is 24.1 Å². The summed E-state index contributed by atoms with van der Waals surface area (Å²) in [4.78, 5) is 23.2. The van der Waals surface area contributed by atoms with Crippen LogP contribution in [-0.4, -0.2) is 53.7 Å². The van der Waals surface area contributed by atoms with Crippen LogP contribution < -0.4 is 0 Å². The second kappa shape index (κ2) is 8.69. The average Bonchev–Trinajstić information content (AvgIpc) is 2.68. The average molecular weight is 341 g/mol. The second-order valence-corrected chi connectivity index (χ2v) is 6.09. The van der Waals surface area contributed by atoms with Crippen LogP contribution in [0.15, 0.2) is 42.9 Å². The van der Waals surface area contributed by atoms with Crippen LogP contribution in [0, 0.1) is 0 Å². The molecule has 1 saturated heterocycles. The topological polar surface area (TPSA) is 64.5 Å². The monoisotopic (exact) mass is 341 g/mol. The standard InChI is InChI=1S/C19H23N3O3/c1-24-13-15-2-4-16(5-3-15)19(23)22-10-11-25-14-18(22)7-6-17-12-20-8-9-21-17/h2-5,8-9,12,18H,6-7,10-11,13-14H2,1H3. The minimum atomic E-state index is 0.0522. The summed E-state index contributed by atoms with van der Waals surface area (Å²) in [5, 5.41) is 0. The van der Waals surface area contributed by atoms with Gasteiger partial charge in [0.1, 0.15) is 0 Å². The zero-order chi connectivity index (χ0) is 17.5. The Labute approximate surface area is 147 Å². The molecule has 0 aliphatic carbocycles. The molecule has 2 heterocycles. The fourth-order valence-electron chi connectivity index (χ4n) is 3.01. The van der Waals surface area contributed by atoms with Crippen molar-refractivity contribution in [3.63, 3.8) is 0 Å². The molecular weight excluding hydrogens is 318 g/mol. The maximum absolute atomic E-state index is 12.9. The molecule has 132 valence electrons. The number of methoxy groups -OCH3 is 1. The molecule has 0 spiro atoms. The smallest absolute Gasteiger partial charge is 0.254 e. The van der Waals surface area contributed by atoms with Crippen LogP contribution in [0.3, 0.4) is 0 Å². The highest BCUT2D eigenvalue weighted by Crippen LogP contribution is 2.17. The molecule has 0 saturated carbocycles. The summed E-state index contributed by atoms with van der Waals surface area (Å²) in [6.07, 6.45) is 6.71. The fraction of sp³-hybridized carbons (Fsp3) is 0.421. The summed E-state index contributed by atoms with van der Waals surface area (Å²) in [6, 6.07) is 7.66. The van der Waals surface area contributed by atoms with Gasteiger partial charge in [0.25, 0.3) is 5.91 Å². The Hall–Kier alpha value is -2.31. The van der Waals surface area contributed by atoms with E-state index in [1.165, 1.54) is 0 Å². The number of hydrogen-bond donors (Lipinski definition) is 0. The van der Waals surface area contributed by atoms with E-state index in [1.807, 2.05) is 29.2 Å². The van der Waals surface area contributed by atoms with E-state index in [0.29, 0.717) is 31.9 Å². The van der Waals surface area contributed by atoms with Gasteiger partial charge >= 0.3 is 0 Å². The lowest BCUT2D eigenvalue weighted by Gasteiger charge is -2.35. The first kappa shape index (κ1) is 17.5. The van der Waals surface area contributed by atoms with Crippen molar-refractivity contribution in [2.75, 3.05) is 26.9 Å². The van der Waals surface area contributed by atoms with E-state index in [1.54, 1.807) is 25.7 Å². The van der Waals surface area contributed by atoms with Gasteiger partial charge in [0.05, 0.1) is 31.6 Å². The quantitative estimate of drug-likeness (QED) is 0.805. The molecule has 1 atom stereocenters. The van der Waals surface area contributed by atoms with E-state index in [4.69, 9.17) is 9.47 Å². The largest absolute Gasteiger partial charge is 0.380 e. The number of morpholine rings is 1. The molecule has 1 amide bonds. The summed E-state index contributed by atoms with van der Waals surface area (Å²) < 4.78 is 10.7. The van der Waals surface area contributed by atoms with Gasteiger partial charge in [-0.2, -0.15) is 0 Å². The molecule has 6 nitrogen and oxygen atoms in total. The van der Waals surface area contributed by atoms with Gasteiger partial charge in [-0.05, 0) is 30.5 Å². The molecule has 1 fully saturated rings. The molecule has 6 heteroatoms. The Morgan fingerprint density at radius 3 is 2.88 bits per heavy atom. The first-order chi connectivity index (χ1) is 12.3. The van der Waals surface area contributed by atoms with Crippen LogP contribution in [-0.2, 0) is 22.5 Å². The van der Waals surface area contributed by atoms with Crippen molar-refractivity contribution in [3.8, 4) is 0 Å². The molecule has 2 aromatic rings. The number of aryl methyl sites for hydroxylation is 1. The number of amides is 1. The van der Waals surface area contributed by atoms with Crippen molar-refractivity contribution in [1.82, 2.24) is 14.9 Å². The van der Waals surface area contributed by atoms with E-state index < -0.39 is 0 Å². The van der Waals surface area contributed by atoms with Crippen molar-refractivity contribution in [1.29, 1.82) is 0 Å². The lowest BCUT2D eigenvalue weighted by atomic mass is 10.0. The molecule has 0 radical (unpaired) electrons. The highest BCUT2D eigenvalue weighted by atomic mass is 16.5. The second-order valence-electron chi connectivity index (χ2n) is 6.09. The molecule has 1 unspecified atom stereocenters. The fourth-order valence-corrected chi connectivity index (χ4v) is 3.01. The Bertz CT molecular complexity index is 676. The van der Waals surface area contributed by atoms with Crippen molar-refractivity contribution in [2.24, 2.45) is 0 Å². The van der Waals surface area contributed by atoms with E-state index >= 15 is 0 Å². The molecule has 1 aliphatic rings. The highest BCUT2D eigenvalue weighted by molar-refractivity contribution is 5.94. The molecule has 1 aromatic carbocycles. The predicted molar refractivity (Wildman–Crippen MR) is 93.2 cm³/mol. The molecule has 1 aromatic heterocycles. The van der Waals surface area contributed by atoms with Crippen LogP contribution in [0.5, 0.6) is 0 Å². The Morgan fingerprint density at radius 2 is 2.16 bits per heavy atom. The zero-order valence-corrected chi connectivity index (χ0v) is 14.4. The lowest BCUT2D eigenvalue weighted by Crippen LogP contribution is -2.48. The molecule has 25 heavy (non-hydrogen) atoms. The number of benzene rings is 1. The SMILES string of the molecule is COCc1ccc(C(=O)N2CCOCC2CCc2cnccn2)cc1. The van der Waals surface area contributed by atoms with Gasteiger partial charge in [-0.25, -0.2) is 0 Å². The van der Waals surface area contributed by atoms with E-state index in [2.05, 4.69) is 9.97 Å². The van der Waals surface area contributed by atoms with Crippen molar-refractivity contribution < 1.29 is 14.3 Å². The van der Waals surface area contributed by atoms with E-state index in [9.17, 15) is 4.79 Å². The summed E-state index contributed by atoms with van der Waals surface area (Å²) in [5.74, 6) is 0.0522. The third-order valence-electron chi connectivity index (χ3n) is 4.35. The summed E-state index contributed by atoms with van der Waals surface area (Å²) in [5.41, 5.74) is 2.69. The van der Waals surface area contributed by atoms with Crippen molar-refractivity contribution in [2.45, 2.75) is 25.5 Å². The van der Waals surface area contributed by atoms with Gasteiger partial charge in [0, 0.05) is 37.8 Å². The molecular formula is C19H23N3O3. The van der Waals surface area contributed by atoms with Gasteiger partial charge in [0.15, 0.2) is 0 Å². The Morgan fingerprint density at radius 1 is 1.32 bits per heavy atom. The van der Waals surface area contributed by atoms with Crippen molar-refractivity contribution in [3.05, 3.63) is 59.7 Å². The Balaban J connectivity index is 1.66. The van der Waals surface area contributed by atoms with Gasteiger partial charge in [0.2, 0.25) is 0 Å². The third-order valence-corrected chi connectivity index (χ3v) is 4.35. The molecule has 0 N–H and O–H groups in total. The minimum Gasteiger partial charge on any atom is -0.380 e. The maximum Gasteiger partial charge on any atom is 0.254 e. The number of carbonyl (C=O) groups excluding carboxylic acids is 1. The number of aromatic nitrogens is 2. The molecule has 3 rings (SSSR count). The van der Waals surface area contributed by atoms with Crippen LogP contribution in [0.25, 0.3) is 0 Å². The van der Waals surface area contributed by atoms with Crippen LogP contribution in [0.1, 0.15) is 28.0 Å². The van der Waals surface area contributed by atoms with E-state index in [-0.39, 0.29) is 11.9 Å². The Kier molecular flexibility index (Phi) is 6.09. The number of nitrogens with zero attached hydrogens (tertiary/aromatic N) is 3. The predicted octanol–water partition coefficient (Wildman–Crippen LogP) is 2.10. The van der Waals surface area contributed by atoms with Crippen molar-refractivity contribution >= 4 is 5.91 Å². The highest BCUT2D eigenvalue weighted by Gasteiger charge is 2.27. The maximum atomic E-state index is 12.9. The van der Waals surface area contributed by atoms with Crippen LogP contribution >= 0.6 is 0 Å². The first-order valence-corrected chi connectivity index (χ1v) is 8.49. The number of carbonyl (C=O) groups is 1. The normalized spacial score (nSPS) is 17.5. The lowest BCUT2D eigenvalue weighted by molar-refractivity contribution is -0.00413. The van der Waals surface area contributed by atoms with Crippen LogP contribution in [0.4, 0.5) is 0 Å². The zero-order valence-electron chi connectivity index (χ0n) is 14.4. The number of ether oxygens (including phenoxy) is 2. The van der Waals surface area contributed by atoms with Gasteiger partial charge in [-0.15, -0.1) is 0 Å². The van der Waals surface area contributed by atoms with Gasteiger partial charge < -0.3 is 14.4 Å². The van der Waals surface area contributed by atoms with Gasteiger partial charge in [-0.3, -0.25) is 14.8 Å². The number of hydrogen-bond acceptors (Lipinski definition) is 5. The van der Waals surface area contributed by atoms with Gasteiger partial charge in [-0.1, -0.05) is 12.1 Å². The first-order valence-electron chi connectivity index (χ1n) is 8.49. The van der Waals surface area contributed by atoms with Crippen LogP contribution in [0.2, 0.25) is 0 Å². The number of rotatable bonds is 6.